The van der Waals surface area contributed by atoms with E-state index in [1.165, 1.54) is 6.07 Å². The van der Waals surface area contributed by atoms with Crippen LogP contribution in [0.15, 0.2) is 59.3 Å². The number of nitrogens with zero attached hydrogens (tertiary/aromatic N) is 1. The number of rotatable bonds is 6. The van der Waals surface area contributed by atoms with Crippen LogP contribution in [0, 0.1) is 11.7 Å². The third-order valence-electron chi connectivity index (χ3n) is 7.71. The zero-order valence-corrected chi connectivity index (χ0v) is 21.1. The van der Waals surface area contributed by atoms with Crippen LogP contribution in [0.4, 0.5) is 4.39 Å². The lowest BCUT2D eigenvalue weighted by atomic mass is 9.88. The Kier molecular flexibility index (Phi) is 5.75. The van der Waals surface area contributed by atoms with Gasteiger partial charge >= 0.3 is 0 Å². The Hall–Kier alpha value is -3.71. The zero-order valence-electron chi connectivity index (χ0n) is 21.1. The SMILES string of the molecule is CC(C)CNC1(n2cc(C3=C(c4cccc5ccoc45)C(=O)NC3=O)c3c(F)cccc32)CCCCC1. The Balaban J connectivity index is 1.63. The van der Waals surface area contributed by atoms with E-state index in [2.05, 4.69) is 29.0 Å². The molecule has 0 saturated heterocycles. The van der Waals surface area contributed by atoms with E-state index in [9.17, 15) is 9.59 Å². The van der Waals surface area contributed by atoms with Gasteiger partial charge in [0, 0.05) is 28.1 Å². The molecule has 2 aliphatic rings. The molecule has 2 aromatic heterocycles. The second-order valence-electron chi connectivity index (χ2n) is 10.6. The van der Waals surface area contributed by atoms with E-state index in [4.69, 9.17) is 4.42 Å². The molecule has 0 radical (unpaired) electrons. The summed E-state index contributed by atoms with van der Waals surface area (Å²) in [5.41, 5.74) is 2.16. The summed E-state index contributed by atoms with van der Waals surface area (Å²) < 4.78 is 23.4. The van der Waals surface area contributed by atoms with Gasteiger partial charge in [0.25, 0.3) is 11.8 Å². The van der Waals surface area contributed by atoms with E-state index >= 15 is 4.39 Å². The number of imide groups is 1. The fourth-order valence-corrected chi connectivity index (χ4v) is 5.98. The van der Waals surface area contributed by atoms with E-state index in [0.29, 0.717) is 33.5 Å². The molecule has 6 nitrogen and oxygen atoms in total. The number of benzene rings is 2. The normalized spacial score (nSPS) is 17.9. The first-order valence-corrected chi connectivity index (χ1v) is 13.0. The summed E-state index contributed by atoms with van der Waals surface area (Å²) in [6, 6.07) is 12.3. The van der Waals surface area contributed by atoms with E-state index < -0.39 is 23.3 Å². The minimum atomic E-state index is -0.529. The summed E-state index contributed by atoms with van der Waals surface area (Å²) in [4.78, 5) is 26.5. The van der Waals surface area contributed by atoms with Crippen molar-refractivity contribution in [1.82, 2.24) is 15.2 Å². The molecule has 0 atom stereocenters. The summed E-state index contributed by atoms with van der Waals surface area (Å²) in [5.74, 6) is -1.01. The van der Waals surface area contributed by atoms with E-state index in [-0.39, 0.29) is 11.1 Å². The van der Waals surface area contributed by atoms with Crippen molar-refractivity contribution in [2.45, 2.75) is 51.6 Å². The summed E-state index contributed by atoms with van der Waals surface area (Å²) in [5, 5.41) is 7.42. The van der Waals surface area contributed by atoms with Crippen LogP contribution in [-0.2, 0) is 15.3 Å². The maximum atomic E-state index is 15.6. The molecule has 6 rings (SSSR count). The van der Waals surface area contributed by atoms with Crippen LogP contribution >= 0.6 is 0 Å². The van der Waals surface area contributed by atoms with E-state index in [1.54, 1.807) is 18.4 Å². The van der Waals surface area contributed by atoms with Crippen LogP contribution < -0.4 is 10.6 Å². The third kappa shape index (κ3) is 3.80. The van der Waals surface area contributed by atoms with Gasteiger partial charge < -0.3 is 8.98 Å². The average molecular weight is 500 g/mol. The molecule has 2 aromatic carbocycles. The lowest BCUT2D eigenvalue weighted by molar-refractivity contribution is -0.122. The molecular weight excluding hydrogens is 469 g/mol. The molecule has 1 saturated carbocycles. The minimum Gasteiger partial charge on any atom is -0.464 e. The fourth-order valence-electron chi connectivity index (χ4n) is 5.98. The van der Waals surface area contributed by atoms with Gasteiger partial charge in [0.05, 0.1) is 28.6 Å². The topological polar surface area (TPSA) is 76.3 Å². The highest BCUT2D eigenvalue weighted by Gasteiger charge is 2.39. The molecule has 4 aromatic rings. The molecule has 7 heteroatoms. The number of aromatic nitrogens is 1. The average Bonchev–Trinajstić information content (AvgIpc) is 3.59. The predicted molar refractivity (Wildman–Crippen MR) is 142 cm³/mol. The number of carbonyl (C=O) groups is 2. The van der Waals surface area contributed by atoms with Crippen LogP contribution in [0.3, 0.4) is 0 Å². The molecule has 1 aliphatic carbocycles. The van der Waals surface area contributed by atoms with Gasteiger partial charge in [-0.1, -0.05) is 44.5 Å². The largest absolute Gasteiger partial charge is 0.464 e. The second-order valence-corrected chi connectivity index (χ2v) is 10.6. The molecule has 0 bridgehead atoms. The van der Waals surface area contributed by atoms with Gasteiger partial charge in [-0.15, -0.1) is 0 Å². The minimum absolute atomic E-state index is 0.178. The number of hydrogen-bond acceptors (Lipinski definition) is 4. The first-order valence-electron chi connectivity index (χ1n) is 13.0. The summed E-state index contributed by atoms with van der Waals surface area (Å²) in [6.07, 6.45) is 8.52. The highest BCUT2D eigenvalue weighted by molar-refractivity contribution is 6.50. The summed E-state index contributed by atoms with van der Waals surface area (Å²) >= 11 is 0. The number of amides is 2. The van der Waals surface area contributed by atoms with E-state index in [1.807, 2.05) is 30.5 Å². The summed E-state index contributed by atoms with van der Waals surface area (Å²) in [6.45, 7) is 5.16. The van der Waals surface area contributed by atoms with Crippen LogP contribution in [-0.4, -0.2) is 22.9 Å². The van der Waals surface area contributed by atoms with Gasteiger partial charge in [-0.05, 0) is 56.3 Å². The van der Waals surface area contributed by atoms with Crippen molar-refractivity contribution in [1.29, 1.82) is 0 Å². The van der Waals surface area contributed by atoms with Gasteiger partial charge in [-0.3, -0.25) is 20.2 Å². The number of furan rings is 1. The number of hydrogen-bond donors (Lipinski definition) is 2. The lowest BCUT2D eigenvalue weighted by Gasteiger charge is -2.41. The Bertz CT molecular complexity index is 1570. The van der Waals surface area contributed by atoms with E-state index in [0.717, 1.165) is 44.0 Å². The molecule has 190 valence electrons. The molecule has 2 amide bonds. The van der Waals surface area contributed by atoms with Crippen molar-refractivity contribution < 1.29 is 18.4 Å². The van der Waals surface area contributed by atoms with Crippen molar-refractivity contribution >= 4 is 44.8 Å². The van der Waals surface area contributed by atoms with Crippen molar-refractivity contribution in [3.8, 4) is 0 Å². The van der Waals surface area contributed by atoms with Crippen LogP contribution in [0.5, 0.6) is 0 Å². The van der Waals surface area contributed by atoms with Gasteiger partial charge in [0.1, 0.15) is 11.4 Å². The van der Waals surface area contributed by atoms with Crippen molar-refractivity contribution in [2.75, 3.05) is 6.54 Å². The van der Waals surface area contributed by atoms with Gasteiger partial charge in [0.2, 0.25) is 0 Å². The number of fused-ring (bicyclic) bond motifs is 2. The molecule has 0 spiro atoms. The molecule has 2 N–H and O–H groups in total. The van der Waals surface area contributed by atoms with Gasteiger partial charge in [-0.2, -0.15) is 0 Å². The molecule has 3 heterocycles. The predicted octanol–water partition coefficient (Wildman–Crippen LogP) is 5.96. The molecule has 1 aliphatic heterocycles. The number of para-hydroxylation sites is 1. The number of nitrogens with one attached hydrogen (secondary N) is 2. The molecule has 1 fully saturated rings. The quantitative estimate of drug-likeness (QED) is 0.321. The Labute approximate surface area is 214 Å². The number of halogens is 1. The maximum Gasteiger partial charge on any atom is 0.259 e. The Morgan fingerprint density at radius 1 is 1.00 bits per heavy atom. The van der Waals surface area contributed by atoms with Crippen LogP contribution in [0.2, 0.25) is 0 Å². The third-order valence-corrected chi connectivity index (χ3v) is 7.71. The fraction of sp³-hybridized carbons (Fsp3) is 0.333. The molecular formula is C30H30FN3O3. The standard InChI is InChI=1S/C30H30FN3O3/c1-18(2)16-32-30(13-4-3-5-14-30)34-17-21(24-22(31)10-7-11-23(24)34)26-25(28(35)33-29(26)36)20-9-6-8-19-12-15-37-27(19)20/h6-12,15,17-18,32H,3-5,13-14,16H2,1-2H3,(H,33,35,36). The van der Waals surface area contributed by atoms with Crippen LogP contribution in [0.25, 0.3) is 33.0 Å². The van der Waals surface area contributed by atoms with Crippen LogP contribution in [0.1, 0.15) is 57.1 Å². The highest BCUT2D eigenvalue weighted by atomic mass is 19.1. The van der Waals surface area contributed by atoms with Crippen molar-refractivity contribution in [2.24, 2.45) is 5.92 Å². The first kappa shape index (κ1) is 23.7. The van der Waals surface area contributed by atoms with Gasteiger partial charge in [0.15, 0.2) is 0 Å². The molecule has 0 unspecified atom stereocenters. The first-order chi connectivity index (χ1) is 17.9. The lowest BCUT2D eigenvalue weighted by Crippen LogP contribution is -2.50. The maximum absolute atomic E-state index is 15.6. The molecule has 37 heavy (non-hydrogen) atoms. The number of carbonyl (C=O) groups excluding carboxylic acids is 2. The van der Waals surface area contributed by atoms with Crippen molar-refractivity contribution in [3.05, 3.63) is 71.9 Å². The zero-order chi connectivity index (χ0) is 25.7. The smallest absolute Gasteiger partial charge is 0.259 e. The van der Waals surface area contributed by atoms with Crippen molar-refractivity contribution in [3.63, 3.8) is 0 Å². The second kappa shape index (κ2) is 8.99. The monoisotopic (exact) mass is 499 g/mol. The van der Waals surface area contributed by atoms with Gasteiger partial charge in [-0.25, -0.2) is 4.39 Å². The summed E-state index contributed by atoms with van der Waals surface area (Å²) in [7, 11) is 0. The Morgan fingerprint density at radius 3 is 2.49 bits per heavy atom. The Morgan fingerprint density at radius 2 is 1.73 bits per heavy atom. The highest BCUT2D eigenvalue weighted by Crippen LogP contribution is 2.42.